The van der Waals surface area contributed by atoms with Crippen LogP contribution in [0.25, 0.3) is 10.9 Å². The lowest BCUT2D eigenvalue weighted by atomic mass is 10.2. The van der Waals surface area contributed by atoms with Gasteiger partial charge in [-0.25, -0.2) is 12.4 Å². The molecule has 2 aromatic carbocycles. The van der Waals surface area contributed by atoms with Crippen molar-refractivity contribution in [1.82, 2.24) is 9.29 Å². The van der Waals surface area contributed by atoms with Gasteiger partial charge in [0.2, 0.25) is 0 Å². The van der Waals surface area contributed by atoms with E-state index in [1.54, 1.807) is 30.5 Å². The van der Waals surface area contributed by atoms with Gasteiger partial charge >= 0.3 is 0 Å². The molecule has 1 N–H and O–H groups in total. The topological polar surface area (TPSA) is 54.3 Å². The molecule has 0 radical (unpaired) electrons. The second-order valence-electron chi connectivity index (χ2n) is 6.00. The maximum Gasteiger partial charge on any atom is 0.268 e. The molecule has 0 saturated carbocycles. The molecule has 130 valence electrons. The van der Waals surface area contributed by atoms with Gasteiger partial charge in [-0.2, -0.15) is 0 Å². The third-order valence-electron chi connectivity index (χ3n) is 4.49. The van der Waals surface area contributed by atoms with E-state index < -0.39 is 10.0 Å². The number of aromatic nitrogens is 1. The lowest BCUT2D eigenvalue weighted by Crippen LogP contribution is -2.43. The van der Waals surface area contributed by atoms with Crippen LogP contribution in [0.2, 0.25) is 0 Å². The van der Waals surface area contributed by atoms with E-state index in [9.17, 15) is 8.42 Å². The van der Waals surface area contributed by atoms with Gasteiger partial charge in [-0.3, -0.25) is 0 Å². The minimum absolute atomic E-state index is 0.284. The first kappa shape index (κ1) is 16.6. The minimum Gasteiger partial charge on any atom is -0.368 e. The van der Waals surface area contributed by atoms with Crippen LogP contribution in [0.15, 0.2) is 64.1 Å². The molecule has 0 unspecified atom stereocenters. The van der Waals surface area contributed by atoms with E-state index in [-0.39, 0.29) is 4.90 Å². The van der Waals surface area contributed by atoms with Crippen LogP contribution >= 0.6 is 15.9 Å². The number of rotatable bonds is 3. The predicted molar refractivity (Wildman–Crippen MR) is 104 cm³/mol. The third-order valence-corrected chi connectivity index (χ3v) is 6.77. The van der Waals surface area contributed by atoms with Crippen molar-refractivity contribution in [2.24, 2.45) is 0 Å². The highest BCUT2D eigenvalue weighted by atomic mass is 79.9. The predicted octanol–water partition coefficient (Wildman–Crippen LogP) is 3.05. The summed E-state index contributed by atoms with van der Waals surface area (Å²) in [5, 5.41) is 4.28. The molecule has 1 saturated heterocycles. The molecule has 0 bridgehead atoms. The molecule has 7 heteroatoms. The van der Waals surface area contributed by atoms with Gasteiger partial charge in [-0.15, -0.1) is 0 Å². The van der Waals surface area contributed by atoms with Gasteiger partial charge in [-0.05, 0) is 40.2 Å². The van der Waals surface area contributed by atoms with Crippen molar-refractivity contribution in [3.63, 3.8) is 0 Å². The number of anilines is 1. The molecule has 1 aliphatic rings. The number of fused-ring (bicyclic) bond motifs is 1. The molecular formula is C18H18BrN3O2S. The van der Waals surface area contributed by atoms with E-state index in [0.29, 0.717) is 5.52 Å². The van der Waals surface area contributed by atoms with Crippen LogP contribution in [0, 0.1) is 0 Å². The molecule has 0 amide bonds. The molecule has 1 fully saturated rings. The molecule has 2 heterocycles. The van der Waals surface area contributed by atoms with Crippen molar-refractivity contribution in [1.29, 1.82) is 0 Å². The monoisotopic (exact) mass is 419 g/mol. The van der Waals surface area contributed by atoms with E-state index in [1.165, 1.54) is 3.97 Å². The smallest absolute Gasteiger partial charge is 0.268 e. The summed E-state index contributed by atoms with van der Waals surface area (Å²) in [4.78, 5) is 2.58. The molecule has 1 aromatic heterocycles. The summed E-state index contributed by atoms with van der Waals surface area (Å²) < 4.78 is 28.3. The summed E-state index contributed by atoms with van der Waals surface area (Å²) in [7, 11) is -3.64. The quantitative estimate of drug-likeness (QED) is 0.708. The summed E-state index contributed by atoms with van der Waals surface area (Å²) in [6, 6.07) is 14.3. The Kier molecular flexibility index (Phi) is 4.31. The van der Waals surface area contributed by atoms with E-state index >= 15 is 0 Å². The summed E-state index contributed by atoms with van der Waals surface area (Å²) in [5.74, 6) is 0. The van der Waals surface area contributed by atoms with Gasteiger partial charge < -0.3 is 10.2 Å². The second kappa shape index (κ2) is 6.48. The standard InChI is InChI=1S/C18H18BrN3O2S/c19-15-13-22(25(23,24)14-5-2-1-3-6-14)17-8-4-7-16(18(15)17)21-11-9-20-10-12-21/h1-8,13,20H,9-12H2. The first-order chi connectivity index (χ1) is 12.1. The van der Waals surface area contributed by atoms with Crippen molar-refractivity contribution in [3.8, 4) is 0 Å². The number of hydrogen-bond acceptors (Lipinski definition) is 4. The van der Waals surface area contributed by atoms with Crippen LogP contribution in [0.3, 0.4) is 0 Å². The molecular weight excluding hydrogens is 402 g/mol. The Morgan fingerprint density at radius 2 is 1.68 bits per heavy atom. The van der Waals surface area contributed by atoms with Crippen molar-refractivity contribution in [3.05, 3.63) is 59.2 Å². The highest BCUT2D eigenvalue weighted by molar-refractivity contribution is 9.10. The number of nitrogens with zero attached hydrogens (tertiary/aromatic N) is 2. The molecule has 4 rings (SSSR count). The third kappa shape index (κ3) is 2.86. The van der Waals surface area contributed by atoms with E-state index in [0.717, 1.165) is 41.7 Å². The molecule has 0 atom stereocenters. The second-order valence-corrected chi connectivity index (χ2v) is 8.67. The number of benzene rings is 2. The van der Waals surface area contributed by atoms with Gasteiger partial charge in [0, 0.05) is 47.9 Å². The first-order valence-corrected chi connectivity index (χ1v) is 10.4. The SMILES string of the molecule is O=S(=O)(c1ccccc1)n1cc(Br)c2c(N3CCNCC3)cccc21. The Hall–Kier alpha value is -1.83. The molecule has 5 nitrogen and oxygen atoms in total. The number of nitrogens with one attached hydrogen (secondary N) is 1. The Morgan fingerprint density at radius 1 is 0.960 bits per heavy atom. The maximum atomic E-state index is 13.1. The zero-order valence-electron chi connectivity index (χ0n) is 13.5. The molecule has 3 aromatic rings. The van der Waals surface area contributed by atoms with E-state index in [1.807, 2.05) is 18.2 Å². The Balaban J connectivity index is 1.90. The average Bonchev–Trinajstić information content (AvgIpc) is 3.01. The fraction of sp³-hybridized carbons (Fsp3) is 0.222. The van der Waals surface area contributed by atoms with Crippen molar-refractivity contribution >= 4 is 42.5 Å². The van der Waals surface area contributed by atoms with Gasteiger partial charge in [0.05, 0.1) is 10.4 Å². The van der Waals surface area contributed by atoms with Crippen LogP contribution < -0.4 is 10.2 Å². The zero-order chi connectivity index (χ0) is 17.4. The Morgan fingerprint density at radius 3 is 2.40 bits per heavy atom. The largest absolute Gasteiger partial charge is 0.368 e. The van der Waals surface area contributed by atoms with Gasteiger partial charge in [0.25, 0.3) is 10.0 Å². The maximum absolute atomic E-state index is 13.1. The van der Waals surface area contributed by atoms with Crippen molar-refractivity contribution in [2.75, 3.05) is 31.1 Å². The lowest BCUT2D eigenvalue weighted by Gasteiger charge is -2.30. The molecule has 0 spiro atoms. The van der Waals surface area contributed by atoms with Crippen LogP contribution in [0.4, 0.5) is 5.69 Å². The highest BCUT2D eigenvalue weighted by Gasteiger charge is 2.23. The van der Waals surface area contributed by atoms with Crippen LogP contribution in [-0.4, -0.2) is 38.6 Å². The van der Waals surface area contributed by atoms with Crippen molar-refractivity contribution < 1.29 is 8.42 Å². The van der Waals surface area contributed by atoms with Crippen LogP contribution in [-0.2, 0) is 10.0 Å². The zero-order valence-corrected chi connectivity index (χ0v) is 15.9. The minimum atomic E-state index is -3.64. The number of piperazine rings is 1. The van der Waals surface area contributed by atoms with E-state index in [2.05, 4.69) is 32.2 Å². The number of hydrogen-bond donors (Lipinski definition) is 1. The molecule has 0 aliphatic carbocycles. The highest BCUT2D eigenvalue weighted by Crippen LogP contribution is 2.36. The van der Waals surface area contributed by atoms with Crippen LogP contribution in [0.1, 0.15) is 0 Å². The lowest BCUT2D eigenvalue weighted by molar-refractivity contribution is 0.588. The van der Waals surface area contributed by atoms with Crippen molar-refractivity contribution in [2.45, 2.75) is 4.90 Å². The number of halogens is 1. The molecule has 25 heavy (non-hydrogen) atoms. The van der Waals surface area contributed by atoms with Gasteiger partial charge in [0.15, 0.2) is 0 Å². The fourth-order valence-corrected chi connectivity index (χ4v) is 5.40. The van der Waals surface area contributed by atoms with E-state index in [4.69, 9.17) is 0 Å². The van der Waals surface area contributed by atoms with Crippen LogP contribution in [0.5, 0.6) is 0 Å². The molecule has 1 aliphatic heterocycles. The summed E-state index contributed by atoms with van der Waals surface area (Å²) in [6.45, 7) is 3.67. The Bertz CT molecular complexity index is 1010. The van der Waals surface area contributed by atoms with Gasteiger partial charge in [-0.1, -0.05) is 24.3 Å². The van der Waals surface area contributed by atoms with Gasteiger partial charge in [0.1, 0.15) is 0 Å². The summed E-state index contributed by atoms with van der Waals surface area (Å²) >= 11 is 3.57. The summed E-state index contributed by atoms with van der Waals surface area (Å²) in [6.07, 6.45) is 1.65. The Labute approximate surface area is 155 Å². The first-order valence-electron chi connectivity index (χ1n) is 8.15. The summed E-state index contributed by atoms with van der Waals surface area (Å²) in [5.41, 5.74) is 1.75. The normalized spacial score (nSPS) is 15.6. The fourth-order valence-electron chi connectivity index (χ4n) is 3.27. The average molecular weight is 420 g/mol.